The van der Waals surface area contributed by atoms with E-state index >= 15 is 0 Å². The monoisotopic (exact) mass is 361 g/mol. The molecule has 0 aromatic heterocycles. The number of cyclic esters (lactones) is 1. The summed E-state index contributed by atoms with van der Waals surface area (Å²) in [5.74, 6) is 0.306. The Balaban J connectivity index is 1.96. The van der Waals surface area contributed by atoms with Gasteiger partial charge in [-0.3, -0.25) is 0 Å². The van der Waals surface area contributed by atoms with Crippen molar-refractivity contribution < 1.29 is 14.3 Å². The summed E-state index contributed by atoms with van der Waals surface area (Å²) in [5, 5.41) is 0.853. The molecule has 0 amide bonds. The van der Waals surface area contributed by atoms with Gasteiger partial charge in [-0.2, -0.15) is 0 Å². The molecule has 2 aromatic rings. The molecule has 24 heavy (non-hydrogen) atoms. The van der Waals surface area contributed by atoms with Crippen molar-refractivity contribution in [1.29, 1.82) is 0 Å². The molecule has 0 saturated heterocycles. The minimum atomic E-state index is -0.526. The van der Waals surface area contributed by atoms with Crippen molar-refractivity contribution in [3.05, 3.63) is 69.3 Å². The summed E-state index contributed by atoms with van der Waals surface area (Å²) in [6.45, 7) is 2.39. The van der Waals surface area contributed by atoms with Crippen molar-refractivity contribution in [2.75, 3.05) is 6.61 Å². The van der Waals surface area contributed by atoms with Crippen molar-refractivity contribution in [3.63, 3.8) is 0 Å². The molecule has 0 saturated carbocycles. The van der Waals surface area contributed by atoms with Crippen molar-refractivity contribution in [1.82, 2.24) is 0 Å². The number of hydrogen-bond donors (Lipinski definition) is 0. The highest BCUT2D eigenvalue weighted by atomic mass is 35.5. The van der Waals surface area contributed by atoms with Crippen LogP contribution in [0.2, 0.25) is 10.0 Å². The number of carbonyl (C=O) groups is 1. The van der Waals surface area contributed by atoms with E-state index in [0.29, 0.717) is 33.5 Å². The fourth-order valence-electron chi connectivity index (χ4n) is 2.21. The Bertz CT molecular complexity index is 859. The third-order valence-corrected chi connectivity index (χ3v) is 4.02. The molecule has 1 aliphatic heterocycles. The molecule has 3 rings (SSSR count). The Morgan fingerprint density at radius 1 is 1.17 bits per heavy atom. The lowest BCUT2D eigenvalue weighted by atomic mass is 10.2. The van der Waals surface area contributed by atoms with Gasteiger partial charge < -0.3 is 9.47 Å². The van der Waals surface area contributed by atoms with Gasteiger partial charge in [-0.25, -0.2) is 9.79 Å². The van der Waals surface area contributed by atoms with Gasteiger partial charge in [-0.05, 0) is 42.8 Å². The standard InChI is InChI=1S/C18H13Cl2NO3/c1-2-23-16-6-4-3-5-12(16)17-21-15(18(22)24-17)10-11-7-8-13(19)14(20)9-11/h3-10H,2H2,1H3/b15-10+. The zero-order chi connectivity index (χ0) is 17.1. The first-order valence-electron chi connectivity index (χ1n) is 7.28. The molecule has 1 heterocycles. The normalized spacial score (nSPS) is 15.4. The Kier molecular flexibility index (Phi) is 4.88. The molecule has 2 aromatic carbocycles. The van der Waals surface area contributed by atoms with Gasteiger partial charge in [0.15, 0.2) is 5.70 Å². The minimum Gasteiger partial charge on any atom is -0.493 e. The van der Waals surface area contributed by atoms with Crippen LogP contribution < -0.4 is 4.74 Å². The first-order valence-corrected chi connectivity index (χ1v) is 8.04. The van der Waals surface area contributed by atoms with Crippen LogP contribution in [0.4, 0.5) is 0 Å². The Hall–Kier alpha value is -2.30. The molecule has 0 spiro atoms. The summed E-state index contributed by atoms with van der Waals surface area (Å²) in [6, 6.07) is 12.3. The summed E-state index contributed by atoms with van der Waals surface area (Å²) < 4.78 is 10.8. The van der Waals surface area contributed by atoms with Gasteiger partial charge in [0.05, 0.1) is 22.2 Å². The highest BCUT2D eigenvalue weighted by molar-refractivity contribution is 6.42. The molecule has 1 aliphatic rings. The average molecular weight is 362 g/mol. The van der Waals surface area contributed by atoms with E-state index in [9.17, 15) is 4.79 Å². The van der Waals surface area contributed by atoms with Gasteiger partial charge in [-0.1, -0.05) is 41.4 Å². The number of halogens is 2. The molecule has 0 N–H and O–H groups in total. The molecule has 0 unspecified atom stereocenters. The zero-order valence-electron chi connectivity index (χ0n) is 12.8. The number of nitrogens with zero attached hydrogens (tertiary/aromatic N) is 1. The first kappa shape index (κ1) is 16.6. The van der Waals surface area contributed by atoms with Crippen LogP contribution in [0.5, 0.6) is 5.75 Å². The van der Waals surface area contributed by atoms with Crippen LogP contribution in [0.15, 0.2) is 53.2 Å². The molecule has 0 aliphatic carbocycles. The number of esters is 1. The maximum Gasteiger partial charge on any atom is 0.363 e. The van der Waals surface area contributed by atoms with Crippen LogP contribution in [-0.4, -0.2) is 18.5 Å². The summed E-state index contributed by atoms with van der Waals surface area (Å²) in [7, 11) is 0. The summed E-state index contributed by atoms with van der Waals surface area (Å²) >= 11 is 11.9. The Morgan fingerprint density at radius 2 is 1.96 bits per heavy atom. The van der Waals surface area contributed by atoms with E-state index in [1.165, 1.54) is 0 Å². The quantitative estimate of drug-likeness (QED) is 0.583. The molecule has 6 heteroatoms. The highest BCUT2D eigenvalue weighted by Gasteiger charge is 2.26. The van der Waals surface area contributed by atoms with E-state index in [2.05, 4.69) is 4.99 Å². The number of benzene rings is 2. The molecule has 0 radical (unpaired) electrons. The lowest BCUT2D eigenvalue weighted by molar-refractivity contribution is -0.129. The van der Waals surface area contributed by atoms with Crippen LogP contribution >= 0.6 is 23.2 Å². The van der Waals surface area contributed by atoms with E-state index in [1.807, 2.05) is 19.1 Å². The van der Waals surface area contributed by atoms with Crippen LogP contribution in [0.1, 0.15) is 18.1 Å². The predicted octanol–water partition coefficient (Wildman–Crippen LogP) is 4.74. The van der Waals surface area contributed by atoms with Crippen LogP contribution in [0.25, 0.3) is 6.08 Å². The van der Waals surface area contributed by atoms with Crippen molar-refractivity contribution in [2.24, 2.45) is 4.99 Å². The smallest absolute Gasteiger partial charge is 0.363 e. The maximum atomic E-state index is 12.1. The Labute approximate surface area is 149 Å². The average Bonchev–Trinajstić information content (AvgIpc) is 2.92. The highest BCUT2D eigenvalue weighted by Crippen LogP contribution is 2.27. The van der Waals surface area contributed by atoms with E-state index in [-0.39, 0.29) is 11.6 Å². The topological polar surface area (TPSA) is 47.9 Å². The van der Waals surface area contributed by atoms with Gasteiger partial charge in [0.1, 0.15) is 5.75 Å². The predicted molar refractivity (Wildman–Crippen MR) is 94.7 cm³/mol. The zero-order valence-corrected chi connectivity index (χ0v) is 14.3. The summed E-state index contributed by atoms with van der Waals surface area (Å²) in [4.78, 5) is 16.4. The number of rotatable bonds is 4. The van der Waals surface area contributed by atoms with Crippen molar-refractivity contribution in [2.45, 2.75) is 6.92 Å². The van der Waals surface area contributed by atoms with Gasteiger partial charge in [0.2, 0.25) is 5.90 Å². The number of ether oxygens (including phenoxy) is 2. The third kappa shape index (κ3) is 3.45. The summed E-state index contributed by atoms with van der Waals surface area (Å²) in [5.41, 5.74) is 1.53. The molecule has 0 bridgehead atoms. The van der Waals surface area contributed by atoms with E-state index < -0.39 is 5.97 Å². The Morgan fingerprint density at radius 3 is 2.71 bits per heavy atom. The van der Waals surface area contributed by atoms with Crippen LogP contribution in [0.3, 0.4) is 0 Å². The largest absolute Gasteiger partial charge is 0.493 e. The fraction of sp³-hybridized carbons (Fsp3) is 0.111. The van der Waals surface area contributed by atoms with Gasteiger partial charge >= 0.3 is 5.97 Å². The maximum absolute atomic E-state index is 12.1. The molecular formula is C18H13Cl2NO3. The van der Waals surface area contributed by atoms with Gasteiger partial charge in [-0.15, -0.1) is 0 Å². The molecule has 122 valence electrons. The molecule has 4 nitrogen and oxygen atoms in total. The first-order chi connectivity index (χ1) is 11.6. The van der Waals surface area contributed by atoms with Crippen molar-refractivity contribution >= 4 is 41.1 Å². The second-order valence-electron chi connectivity index (χ2n) is 4.94. The van der Waals surface area contributed by atoms with E-state index in [4.69, 9.17) is 32.7 Å². The fourth-order valence-corrected chi connectivity index (χ4v) is 2.52. The second kappa shape index (κ2) is 7.07. The van der Waals surface area contributed by atoms with E-state index in [1.54, 1.807) is 36.4 Å². The summed E-state index contributed by atoms with van der Waals surface area (Å²) in [6.07, 6.45) is 1.60. The molecular weight excluding hydrogens is 349 g/mol. The van der Waals surface area contributed by atoms with Crippen LogP contribution in [-0.2, 0) is 9.53 Å². The minimum absolute atomic E-state index is 0.190. The van der Waals surface area contributed by atoms with E-state index in [0.717, 1.165) is 0 Å². The number of hydrogen-bond acceptors (Lipinski definition) is 4. The molecule has 0 fully saturated rings. The lowest BCUT2D eigenvalue weighted by Crippen LogP contribution is -2.07. The van der Waals surface area contributed by atoms with Gasteiger partial charge in [0, 0.05) is 0 Å². The van der Waals surface area contributed by atoms with Gasteiger partial charge in [0.25, 0.3) is 0 Å². The lowest BCUT2D eigenvalue weighted by Gasteiger charge is -2.08. The van der Waals surface area contributed by atoms with Crippen LogP contribution in [0, 0.1) is 0 Å². The number of para-hydroxylation sites is 1. The SMILES string of the molecule is CCOc1ccccc1C1=N/C(=C/c2ccc(Cl)c(Cl)c2)C(=O)O1. The van der Waals surface area contributed by atoms with Crippen molar-refractivity contribution in [3.8, 4) is 5.75 Å². The second-order valence-corrected chi connectivity index (χ2v) is 5.75. The number of carbonyl (C=O) groups excluding carboxylic acids is 1. The number of aliphatic imine (C=N–C) groups is 1. The molecule has 0 atom stereocenters. The third-order valence-electron chi connectivity index (χ3n) is 3.28.